The van der Waals surface area contributed by atoms with Crippen LogP contribution in [0.25, 0.3) is 0 Å². The van der Waals surface area contributed by atoms with Crippen LogP contribution in [0, 0.1) is 11.8 Å². The largest absolute Gasteiger partial charge is 0.466 e. The second-order valence-corrected chi connectivity index (χ2v) is 4.37. The first-order valence-electron chi connectivity index (χ1n) is 5.53. The molecule has 0 aromatic heterocycles. The Balaban J connectivity index is 1.86. The van der Waals surface area contributed by atoms with Gasteiger partial charge >= 0.3 is 5.97 Å². The van der Waals surface area contributed by atoms with Gasteiger partial charge in [0, 0.05) is 5.92 Å². The summed E-state index contributed by atoms with van der Waals surface area (Å²) >= 11 is 0. The molecule has 14 heavy (non-hydrogen) atoms. The van der Waals surface area contributed by atoms with E-state index >= 15 is 0 Å². The standard InChI is InChI=1S/C11H18O3/c1-3-13-10(12)6-8-7(2)4-5-9-11(8)14-9/h7-9,11H,3-6H2,1-2H3. The highest BCUT2D eigenvalue weighted by atomic mass is 16.6. The van der Waals surface area contributed by atoms with Gasteiger partial charge in [-0.1, -0.05) is 6.92 Å². The van der Waals surface area contributed by atoms with Crippen molar-refractivity contribution >= 4 is 5.97 Å². The maximum atomic E-state index is 11.3. The molecule has 2 aliphatic rings. The van der Waals surface area contributed by atoms with Crippen LogP contribution < -0.4 is 0 Å². The molecule has 80 valence electrons. The summed E-state index contributed by atoms with van der Waals surface area (Å²) in [7, 11) is 0. The SMILES string of the molecule is CCOC(=O)CC1C(C)CCC2OC21. The van der Waals surface area contributed by atoms with Crippen molar-refractivity contribution in [3.63, 3.8) is 0 Å². The van der Waals surface area contributed by atoms with E-state index < -0.39 is 0 Å². The first kappa shape index (κ1) is 9.97. The van der Waals surface area contributed by atoms with Gasteiger partial charge in [0.25, 0.3) is 0 Å². The fourth-order valence-corrected chi connectivity index (χ4v) is 2.46. The van der Waals surface area contributed by atoms with Crippen molar-refractivity contribution in [2.75, 3.05) is 6.61 Å². The van der Waals surface area contributed by atoms with Gasteiger partial charge in [0.15, 0.2) is 0 Å². The minimum absolute atomic E-state index is 0.0690. The van der Waals surface area contributed by atoms with Gasteiger partial charge in [-0.2, -0.15) is 0 Å². The molecular weight excluding hydrogens is 180 g/mol. The fourth-order valence-electron chi connectivity index (χ4n) is 2.46. The Morgan fingerprint density at radius 1 is 1.50 bits per heavy atom. The molecule has 3 heteroatoms. The third-order valence-electron chi connectivity index (χ3n) is 3.39. The lowest BCUT2D eigenvalue weighted by Crippen LogP contribution is -2.27. The van der Waals surface area contributed by atoms with Crippen molar-refractivity contribution in [2.24, 2.45) is 11.8 Å². The maximum absolute atomic E-state index is 11.3. The molecule has 1 heterocycles. The lowest BCUT2D eigenvalue weighted by atomic mass is 9.79. The highest BCUT2D eigenvalue weighted by molar-refractivity contribution is 5.69. The molecule has 1 saturated heterocycles. The van der Waals surface area contributed by atoms with Gasteiger partial charge in [0.1, 0.15) is 0 Å². The van der Waals surface area contributed by atoms with Crippen LogP contribution in [0.4, 0.5) is 0 Å². The average Bonchev–Trinajstić information content (AvgIpc) is 2.89. The lowest BCUT2D eigenvalue weighted by molar-refractivity contribution is -0.145. The number of ether oxygens (including phenoxy) is 2. The molecule has 0 aromatic rings. The fraction of sp³-hybridized carbons (Fsp3) is 0.909. The molecule has 0 amide bonds. The van der Waals surface area contributed by atoms with E-state index in [0.29, 0.717) is 37.1 Å². The summed E-state index contributed by atoms with van der Waals surface area (Å²) in [5, 5.41) is 0. The van der Waals surface area contributed by atoms with E-state index in [9.17, 15) is 4.79 Å². The number of carbonyl (C=O) groups is 1. The van der Waals surface area contributed by atoms with Crippen LogP contribution in [0.15, 0.2) is 0 Å². The molecule has 1 aliphatic carbocycles. The van der Waals surface area contributed by atoms with Crippen LogP contribution in [0.2, 0.25) is 0 Å². The Morgan fingerprint density at radius 2 is 2.29 bits per heavy atom. The Labute approximate surface area is 84.8 Å². The van der Waals surface area contributed by atoms with E-state index in [1.807, 2.05) is 6.92 Å². The number of rotatable bonds is 3. The molecule has 0 aromatic carbocycles. The first-order chi connectivity index (χ1) is 6.72. The Morgan fingerprint density at radius 3 is 3.00 bits per heavy atom. The molecule has 3 nitrogen and oxygen atoms in total. The van der Waals surface area contributed by atoms with Gasteiger partial charge in [-0.15, -0.1) is 0 Å². The summed E-state index contributed by atoms with van der Waals surface area (Å²) in [6.45, 7) is 4.54. The number of carbonyl (C=O) groups excluding carboxylic acids is 1. The van der Waals surface area contributed by atoms with E-state index in [1.54, 1.807) is 0 Å². The summed E-state index contributed by atoms with van der Waals surface area (Å²) in [5.41, 5.74) is 0. The molecule has 2 fully saturated rings. The lowest BCUT2D eigenvalue weighted by Gasteiger charge is -2.24. The zero-order valence-electron chi connectivity index (χ0n) is 8.86. The highest BCUT2D eigenvalue weighted by Crippen LogP contribution is 2.45. The van der Waals surface area contributed by atoms with Crippen molar-refractivity contribution in [3.05, 3.63) is 0 Å². The Bertz CT molecular complexity index is 225. The molecule has 0 N–H and O–H groups in total. The normalized spacial score (nSPS) is 40.1. The number of hydrogen-bond acceptors (Lipinski definition) is 3. The minimum Gasteiger partial charge on any atom is -0.466 e. The van der Waals surface area contributed by atoms with Gasteiger partial charge in [0.2, 0.25) is 0 Å². The predicted octanol–water partition coefficient (Wildman–Crippen LogP) is 1.75. The number of hydrogen-bond donors (Lipinski definition) is 0. The van der Waals surface area contributed by atoms with Gasteiger partial charge in [-0.05, 0) is 25.7 Å². The van der Waals surface area contributed by atoms with E-state index in [4.69, 9.17) is 9.47 Å². The van der Waals surface area contributed by atoms with E-state index in [0.717, 1.165) is 0 Å². The molecule has 1 aliphatic heterocycles. The number of fused-ring (bicyclic) bond motifs is 1. The van der Waals surface area contributed by atoms with Crippen LogP contribution in [0.3, 0.4) is 0 Å². The third kappa shape index (κ3) is 1.92. The predicted molar refractivity (Wildman–Crippen MR) is 51.8 cm³/mol. The third-order valence-corrected chi connectivity index (χ3v) is 3.39. The molecule has 1 saturated carbocycles. The van der Waals surface area contributed by atoms with Crippen LogP contribution in [-0.2, 0) is 14.3 Å². The molecule has 0 spiro atoms. The van der Waals surface area contributed by atoms with Crippen LogP contribution in [0.5, 0.6) is 0 Å². The van der Waals surface area contributed by atoms with Crippen molar-refractivity contribution in [3.8, 4) is 0 Å². The number of epoxide rings is 1. The molecule has 2 rings (SSSR count). The average molecular weight is 198 g/mol. The smallest absolute Gasteiger partial charge is 0.306 e. The molecule has 4 unspecified atom stereocenters. The van der Waals surface area contributed by atoms with Gasteiger partial charge in [0.05, 0.1) is 25.2 Å². The zero-order valence-corrected chi connectivity index (χ0v) is 8.86. The highest BCUT2D eigenvalue weighted by Gasteiger charge is 2.50. The second-order valence-electron chi connectivity index (χ2n) is 4.37. The topological polar surface area (TPSA) is 38.8 Å². The first-order valence-corrected chi connectivity index (χ1v) is 5.53. The van der Waals surface area contributed by atoms with Gasteiger partial charge < -0.3 is 9.47 Å². The minimum atomic E-state index is -0.0690. The van der Waals surface area contributed by atoms with E-state index in [1.165, 1.54) is 12.8 Å². The summed E-state index contributed by atoms with van der Waals surface area (Å²) < 4.78 is 10.5. The van der Waals surface area contributed by atoms with Gasteiger partial charge in [-0.3, -0.25) is 4.79 Å². The van der Waals surface area contributed by atoms with Crippen molar-refractivity contribution in [1.82, 2.24) is 0 Å². The molecule has 0 bridgehead atoms. The zero-order chi connectivity index (χ0) is 10.1. The monoisotopic (exact) mass is 198 g/mol. The molecular formula is C11H18O3. The molecule has 0 radical (unpaired) electrons. The summed E-state index contributed by atoms with van der Waals surface area (Å²) in [6.07, 6.45) is 3.70. The Hall–Kier alpha value is -0.570. The second kappa shape index (κ2) is 3.89. The summed E-state index contributed by atoms with van der Waals surface area (Å²) in [6, 6.07) is 0. The Kier molecular flexibility index (Phi) is 2.77. The van der Waals surface area contributed by atoms with E-state index in [2.05, 4.69) is 6.92 Å². The van der Waals surface area contributed by atoms with Gasteiger partial charge in [-0.25, -0.2) is 0 Å². The van der Waals surface area contributed by atoms with Crippen molar-refractivity contribution < 1.29 is 14.3 Å². The summed E-state index contributed by atoms with van der Waals surface area (Å²) in [4.78, 5) is 11.3. The maximum Gasteiger partial charge on any atom is 0.306 e. The molecule has 4 atom stereocenters. The van der Waals surface area contributed by atoms with Crippen LogP contribution in [0.1, 0.15) is 33.1 Å². The van der Waals surface area contributed by atoms with Crippen LogP contribution >= 0.6 is 0 Å². The quantitative estimate of drug-likeness (QED) is 0.512. The van der Waals surface area contributed by atoms with Crippen molar-refractivity contribution in [1.29, 1.82) is 0 Å². The number of esters is 1. The van der Waals surface area contributed by atoms with E-state index in [-0.39, 0.29) is 5.97 Å². The van der Waals surface area contributed by atoms with Crippen LogP contribution in [-0.4, -0.2) is 24.8 Å². The van der Waals surface area contributed by atoms with Crippen molar-refractivity contribution in [2.45, 2.75) is 45.3 Å². The summed E-state index contributed by atoms with van der Waals surface area (Å²) in [5.74, 6) is 0.927.